The van der Waals surface area contributed by atoms with Crippen molar-refractivity contribution in [3.05, 3.63) is 71.8 Å². The average Bonchev–Trinajstić information content (AvgIpc) is 2.79. The van der Waals surface area contributed by atoms with Crippen LogP contribution in [0.4, 0.5) is 11.4 Å². The molecule has 0 aliphatic rings. The number of amides is 2. The highest BCUT2D eigenvalue weighted by atomic mass is 16.2. The lowest BCUT2D eigenvalue weighted by Gasteiger charge is -2.11. The minimum atomic E-state index is -0.529. The summed E-state index contributed by atoms with van der Waals surface area (Å²) in [5.74, 6) is -1.06. The zero-order chi connectivity index (χ0) is 24.1. The van der Waals surface area contributed by atoms with Crippen molar-refractivity contribution in [2.45, 2.75) is 6.42 Å². The average molecular weight is 447 g/mol. The Morgan fingerprint density at radius 1 is 0.697 bits per heavy atom. The first-order chi connectivity index (χ1) is 15.8. The summed E-state index contributed by atoms with van der Waals surface area (Å²) in [7, 11) is 7.93. The molecule has 2 amide bonds. The molecule has 0 fully saturated rings. The summed E-state index contributed by atoms with van der Waals surface area (Å²) >= 11 is 0. The van der Waals surface area contributed by atoms with E-state index in [1.54, 1.807) is 12.2 Å². The summed E-state index contributed by atoms with van der Waals surface area (Å²) in [6, 6.07) is 16.0. The molecule has 0 saturated heterocycles. The van der Waals surface area contributed by atoms with Crippen LogP contribution in [0.2, 0.25) is 0 Å². The first-order valence-electron chi connectivity index (χ1n) is 10.4. The van der Waals surface area contributed by atoms with E-state index < -0.39 is 11.8 Å². The molecule has 0 spiro atoms. The summed E-state index contributed by atoms with van der Waals surface area (Å²) in [6.45, 7) is 0. The quantitative estimate of drug-likeness (QED) is 0.333. The van der Waals surface area contributed by atoms with Crippen LogP contribution in [0.15, 0.2) is 70.9 Å². The first kappa shape index (κ1) is 25.1. The van der Waals surface area contributed by atoms with E-state index in [1.807, 2.05) is 98.7 Å². The summed E-state index contributed by atoms with van der Waals surface area (Å²) < 4.78 is 0. The molecule has 0 bridgehead atoms. The van der Waals surface area contributed by atoms with E-state index >= 15 is 0 Å². The number of nitrogens with zero attached hydrogens (tertiary/aromatic N) is 4. The van der Waals surface area contributed by atoms with Crippen LogP contribution >= 0.6 is 0 Å². The van der Waals surface area contributed by atoms with Crippen LogP contribution in [0.3, 0.4) is 0 Å². The summed E-state index contributed by atoms with van der Waals surface area (Å²) in [6.07, 6.45) is 9.65. The van der Waals surface area contributed by atoms with E-state index in [-0.39, 0.29) is 6.42 Å². The van der Waals surface area contributed by atoms with Gasteiger partial charge in [-0.2, -0.15) is 10.2 Å². The van der Waals surface area contributed by atoms with E-state index in [1.165, 1.54) is 12.4 Å². The lowest BCUT2D eigenvalue weighted by molar-refractivity contribution is -0.129. The van der Waals surface area contributed by atoms with Gasteiger partial charge in [0.05, 0.1) is 0 Å². The largest absolute Gasteiger partial charge is 0.378 e. The third-order valence-electron chi connectivity index (χ3n) is 4.42. The molecule has 2 aromatic rings. The van der Waals surface area contributed by atoms with Gasteiger partial charge in [-0.05, 0) is 47.5 Å². The normalized spacial score (nSPS) is 11.5. The summed E-state index contributed by atoms with van der Waals surface area (Å²) in [4.78, 5) is 27.6. The van der Waals surface area contributed by atoms with E-state index in [4.69, 9.17) is 0 Å². The van der Waals surface area contributed by atoms with Gasteiger partial charge in [0.25, 0.3) is 0 Å². The van der Waals surface area contributed by atoms with Gasteiger partial charge in [-0.3, -0.25) is 9.59 Å². The number of benzene rings is 2. The molecule has 0 heterocycles. The third kappa shape index (κ3) is 9.65. The van der Waals surface area contributed by atoms with Gasteiger partial charge in [0, 0.05) is 52.0 Å². The molecule has 0 aliphatic heterocycles. The van der Waals surface area contributed by atoms with Crippen LogP contribution in [-0.2, 0) is 9.59 Å². The Morgan fingerprint density at radius 2 is 1.06 bits per heavy atom. The molecule has 172 valence electrons. The fourth-order valence-electron chi connectivity index (χ4n) is 2.60. The number of carbonyl (C=O) groups is 2. The smallest absolute Gasteiger partial charge is 0.249 e. The Labute approximate surface area is 195 Å². The zero-order valence-corrected chi connectivity index (χ0v) is 19.4. The molecule has 8 heteroatoms. The molecule has 0 aliphatic carbocycles. The topological polar surface area (TPSA) is 89.4 Å². The van der Waals surface area contributed by atoms with Crippen molar-refractivity contribution in [3.8, 4) is 0 Å². The first-order valence-corrected chi connectivity index (χ1v) is 10.4. The minimum absolute atomic E-state index is 0.375. The molecule has 0 radical (unpaired) electrons. The molecular formula is C25H30N6O2. The minimum Gasteiger partial charge on any atom is -0.378 e. The molecule has 2 N–H and O–H groups in total. The lowest BCUT2D eigenvalue weighted by atomic mass is 10.2. The van der Waals surface area contributed by atoms with E-state index in [0.29, 0.717) is 0 Å². The van der Waals surface area contributed by atoms with E-state index in [2.05, 4.69) is 21.1 Å². The standard InChI is InChI=1S/C25H30N6O2/c1-30(2)22-13-9-20(10-14-22)7-5-17-26-28-24(32)19-25(33)29-27-18-6-8-21-11-15-23(16-12-21)31(3)4/h5-18H,19H2,1-4H3,(H,28,32)(H,29,33). The van der Waals surface area contributed by atoms with Gasteiger partial charge in [-0.1, -0.05) is 36.4 Å². The molecule has 8 nitrogen and oxygen atoms in total. The molecule has 33 heavy (non-hydrogen) atoms. The van der Waals surface area contributed by atoms with Crippen molar-refractivity contribution >= 4 is 47.8 Å². The van der Waals surface area contributed by atoms with Gasteiger partial charge < -0.3 is 9.80 Å². The van der Waals surface area contributed by atoms with Gasteiger partial charge in [0.2, 0.25) is 11.8 Å². The van der Waals surface area contributed by atoms with E-state index in [9.17, 15) is 9.59 Å². The molecule has 2 aromatic carbocycles. The van der Waals surface area contributed by atoms with Crippen molar-refractivity contribution in [2.24, 2.45) is 10.2 Å². The third-order valence-corrected chi connectivity index (χ3v) is 4.42. The maximum absolute atomic E-state index is 11.8. The molecule has 0 unspecified atom stereocenters. The number of nitrogens with one attached hydrogen (secondary N) is 2. The highest BCUT2D eigenvalue weighted by molar-refractivity contribution is 5.97. The van der Waals surface area contributed by atoms with Gasteiger partial charge in [-0.15, -0.1) is 0 Å². The second-order valence-electron chi connectivity index (χ2n) is 7.49. The molecule has 0 saturated carbocycles. The Morgan fingerprint density at radius 3 is 1.39 bits per heavy atom. The Bertz CT molecular complexity index is 936. The number of hydrogen-bond acceptors (Lipinski definition) is 6. The SMILES string of the molecule is CN(C)c1ccc(C=CC=NNC(=O)CC(=O)NN=CC=Cc2ccc(N(C)C)cc2)cc1. The molecule has 0 atom stereocenters. The number of anilines is 2. The molecule has 2 rings (SSSR count). The van der Waals surface area contributed by atoms with Crippen molar-refractivity contribution < 1.29 is 9.59 Å². The maximum Gasteiger partial charge on any atom is 0.249 e. The van der Waals surface area contributed by atoms with Crippen molar-refractivity contribution in [3.63, 3.8) is 0 Å². The predicted octanol–water partition coefficient (Wildman–Crippen LogP) is 3.14. The van der Waals surface area contributed by atoms with Crippen molar-refractivity contribution in [2.75, 3.05) is 38.0 Å². The number of hydrogen-bond donors (Lipinski definition) is 2. The number of rotatable bonds is 10. The number of carbonyl (C=O) groups excluding carboxylic acids is 2. The summed E-state index contributed by atoms with van der Waals surface area (Å²) in [5.41, 5.74) is 8.85. The van der Waals surface area contributed by atoms with Gasteiger partial charge in [0.1, 0.15) is 6.42 Å². The van der Waals surface area contributed by atoms with Crippen LogP contribution in [0, 0.1) is 0 Å². The monoisotopic (exact) mass is 446 g/mol. The van der Waals surface area contributed by atoms with Crippen LogP contribution in [0.1, 0.15) is 17.5 Å². The van der Waals surface area contributed by atoms with Crippen LogP contribution in [0.25, 0.3) is 12.2 Å². The fourth-order valence-corrected chi connectivity index (χ4v) is 2.60. The van der Waals surface area contributed by atoms with Crippen LogP contribution in [-0.4, -0.2) is 52.4 Å². The van der Waals surface area contributed by atoms with Crippen molar-refractivity contribution in [1.29, 1.82) is 0 Å². The maximum atomic E-state index is 11.8. The van der Waals surface area contributed by atoms with Gasteiger partial charge in [-0.25, -0.2) is 10.9 Å². The van der Waals surface area contributed by atoms with Crippen molar-refractivity contribution in [1.82, 2.24) is 10.9 Å². The Kier molecular flexibility index (Phi) is 10.1. The zero-order valence-electron chi connectivity index (χ0n) is 19.4. The highest BCUT2D eigenvalue weighted by Crippen LogP contribution is 2.13. The molecular weight excluding hydrogens is 416 g/mol. The second kappa shape index (κ2) is 13.3. The molecule has 0 aromatic heterocycles. The Balaban J connectivity index is 1.67. The van der Waals surface area contributed by atoms with E-state index in [0.717, 1.165) is 22.5 Å². The fraction of sp³-hybridized carbons (Fsp3) is 0.200. The second-order valence-corrected chi connectivity index (χ2v) is 7.49. The lowest BCUT2D eigenvalue weighted by Crippen LogP contribution is -2.26. The number of allylic oxidation sites excluding steroid dienone is 2. The summed E-state index contributed by atoms with van der Waals surface area (Å²) in [5, 5.41) is 7.59. The predicted molar refractivity (Wildman–Crippen MR) is 137 cm³/mol. The number of hydrazone groups is 2. The van der Waals surface area contributed by atoms with Crippen LogP contribution < -0.4 is 20.7 Å². The van der Waals surface area contributed by atoms with Gasteiger partial charge in [0.15, 0.2) is 0 Å². The van der Waals surface area contributed by atoms with Gasteiger partial charge >= 0.3 is 0 Å². The van der Waals surface area contributed by atoms with Crippen LogP contribution in [0.5, 0.6) is 0 Å². The Hall–Kier alpha value is -4.20. The highest BCUT2D eigenvalue weighted by Gasteiger charge is 2.06.